The second-order valence-electron chi connectivity index (χ2n) is 5.37. The average molecular weight is 360 g/mol. The van der Waals surface area contributed by atoms with Gasteiger partial charge in [0.15, 0.2) is 0 Å². The fraction of sp³-hybridized carbons (Fsp3) is 0.111. The highest BCUT2D eigenvalue weighted by atomic mass is 35.5. The molecule has 3 aromatic rings. The van der Waals surface area contributed by atoms with E-state index in [4.69, 9.17) is 16.3 Å². The number of hydrogen-bond acceptors (Lipinski definition) is 3. The van der Waals surface area contributed by atoms with Gasteiger partial charge in [-0.3, -0.25) is 9.69 Å². The van der Waals surface area contributed by atoms with Crippen LogP contribution in [0.25, 0.3) is 0 Å². The summed E-state index contributed by atoms with van der Waals surface area (Å²) in [5.74, 6) is 0.560. The number of ether oxygens (including phenoxy) is 1. The zero-order valence-corrected chi connectivity index (χ0v) is 14.4. The maximum absolute atomic E-state index is 13.2. The molecule has 0 aliphatic carbocycles. The molecular weight excluding hydrogens is 345 g/mol. The lowest BCUT2D eigenvalue weighted by Gasteiger charge is -2.19. The van der Waals surface area contributed by atoms with Gasteiger partial charge in [0.1, 0.15) is 17.3 Å². The maximum atomic E-state index is 13.2. The molecule has 0 N–H and O–H groups in total. The van der Waals surface area contributed by atoms with E-state index in [0.29, 0.717) is 40.1 Å². The highest BCUT2D eigenvalue weighted by Gasteiger charge is 2.23. The lowest BCUT2D eigenvalue weighted by Crippen LogP contribution is -2.15. The Morgan fingerprint density at radius 2 is 1.80 bits per heavy atom. The first kappa shape index (κ1) is 17.0. The van der Waals surface area contributed by atoms with Crippen molar-refractivity contribution in [2.75, 3.05) is 4.90 Å². The fourth-order valence-electron chi connectivity index (χ4n) is 2.48. The van der Waals surface area contributed by atoms with Crippen molar-refractivity contribution in [2.45, 2.75) is 6.92 Å². The molecule has 0 saturated heterocycles. The Morgan fingerprint density at radius 1 is 1.16 bits per heavy atom. The quantitative estimate of drug-likeness (QED) is 0.625. The van der Waals surface area contributed by atoms with Crippen LogP contribution in [0.15, 0.2) is 48.5 Å². The van der Waals surface area contributed by atoms with Gasteiger partial charge in [0.2, 0.25) is 12.3 Å². The van der Waals surface area contributed by atoms with Crippen LogP contribution in [0.5, 0.6) is 11.6 Å². The van der Waals surface area contributed by atoms with Crippen molar-refractivity contribution in [3.8, 4) is 11.6 Å². The zero-order valence-electron chi connectivity index (χ0n) is 13.6. The molecule has 0 spiro atoms. The molecule has 0 saturated carbocycles. The molecule has 0 aliphatic rings. The topological polar surface area (TPSA) is 47.4 Å². The zero-order chi connectivity index (χ0) is 18.0. The van der Waals surface area contributed by atoms with Crippen LogP contribution in [0.2, 0.25) is 5.02 Å². The minimum Gasteiger partial charge on any atom is -0.437 e. The summed E-state index contributed by atoms with van der Waals surface area (Å²) in [6.45, 7) is 1.77. The van der Waals surface area contributed by atoms with Gasteiger partial charge in [-0.15, -0.1) is 0 Å². The van der Waals surface area contributed by atoms with Gasteiger partial charge in [0.05, 0.1) is 5.69 Å². The Labute approximate surface area is 149 Å². The first-order valence-electron chi connectivity index (χ1n) is 7.46. The van der Waals surface area contributed by atoms with Crippen LogP contribution in [0.1, 0.15) is 5.69 Å². The fourth-order valence-corrected chi connectivity index (χ4v) is 2.60. The van der Waals surface area contributed by atoms with Gasteiger partial charge in [0.25, 0.3) is 0 Å². The molecule has 0 atom stereocenters. The van der Waals surface area contributed by atoms with Crippen LogP contribution in [0.3, 0.4) is 0 Å². The van der Waals surface area contributed by atoms with Crippen molar-refractivity contribution in [3.63, 3.8) is 0 Å². The number of aryl methyl sites for hydroxylation is 2. The maximum Gasteiger partial charge on any atom is 0.242 e. The summed E-state index contributed by atoms with van der Waals surface area (Å²) in [4.78, 5) is 13.1. The molecule has 1 aromatic heterocycles. The van der Waals surface area contributed by atoms with Gasteiger partial charge in [-0.1, -0.05) is 11.6 Å². The molecule has 0 aliphatic heterocycles. The molecule has 7 heteroatoms. The first-order valence-corrected chi connectivity index (χ1v) is 7.84. The summed E-state index contributed by atoms with van der Waals surface area (Å²) in [7, 11) is 1.72. The number of carbonyl (C=O) groups is 1. The number of benzene rings is 2. The highest BCUT2D eigenvalue weighted by molar-refractivity contribution is 6.30. The van der Waals surface area contributed by atoms with Gasteiger partial charge in [-0.25, -0.2) is 9.07 Å². The second-order valence-corrected chi connectivity index (χ2v) is 5.81. The number of rotatable bonds is 5. The third-order valence-corrected chi connectivity index (χ3v) is 3.87. The van der Waals surface area contributed by atoms with E-state index in [1.807, 2.05) is 0 Å². The molecule has 0 unspecified atom stereocenters. The standard InChI is InChI=1S/C18H15ClFN3O2/c1-12-17(23(11-24)15-7-5-14(20)6-8-15)18(22(2)21-12)25-16-9-3-13(19)4-10-16/h3-11H,1-2H3. The predicted octanol–water partition coefficient (Wildman–Crippen LogP) is 4.61. The number of carbonyl (C=O) groups excluding carboxylic acids is 1. The van der Waals surface area contributed by atoms with Crippen LogP contribution in [-0.4, -0.2) is 16.2 Å². The molecule has 1 amide bonds. The molecular formula is C18H15ClFN3O2. The Hall–Kier alpha value is -2.86. The predicted molar refractivity (Wildman–Crippen MR) is 94.1 cm³/mol. The van der Waals surface area contributed by atoms with Crippen molar-refractivity contribution < 1.29 is 13.9 Å². The van der Waals surface area contributed by atoms with E-state index in [9.17, 15) is 9.18 Å². The molecule has 1 heterocycles. The van der Waals surface area contributed by atoms with Crippen molar-refractivity contribution >= 4 is 29.4 Å². The summed E-state index contributed by atoms with van der Waals surface area (Å²) < 4.78 is 20.6. The number of nitrogens with zero attached hydrogens (tertiary/aromatic N) is 3. The highest BCUT2D eigenvalue weighted by Crippen LogP contribution is 2.38. The minimum absolute atomic E-state index is 0.379. The normalized spacial score (nSPS) is 10.6. The van der Waals surface area contributed by atoms with Crippen molar-refractivity contribution in [1.82, 2.24) is 9.78 Å². The molecule has 25 heavy (non-hydrogen) atoms. The number of anilines is 2. The van der Waals surface area contributed by atoms with Gasteiger partial charge in [-0.05, 0) is 55.5 Å². The number of halogens is 2. The Balaban J connectivity index is 2.04. The van der Waals surface area contributed by atoms with Gasteiger partial charge >= 0.3 is 0 Å². The molecule has 5 nitrogen and oxygen atoms in total. The van der Waals surface area contributed by atoms with Crippen LogP contribution in [0.4, 0.5) is 15.8 Å². The largest absolute Gasteiger partial charge is 0.437 e. The van der Waals surface area contributed by atoms with Gasteiger partial charge < -0.3 is 4.74 Å². The van der Waals surface area contributed by atoms with Crippen LogP contribution < -0.4 is 9.64 Å². The van der Waals surface area contributed by atoms with E-state index < -0.39 is 0 Å². The van der Waals surface area contributed by atoms with Gasteiger partial charge in [-0.2, -0.15) is 5.10 Å². The Kier molecular flexibility index (Phi) is 4.72. The number of amides is 1. The Bertz CT molecular complexity index is 892. The van der Waals surface area contributed by atoms with E-state index in [1.165, 1.54) is 29.2 Å². The third kappa shape index (κ3) is 3.49. The lowest BCUT2D eigenvalue weighted by atomic mass is 10.2. The smallest absolute Gasteiger partial charge is 0.242 e. The molecule has 0 fully saturated rings. The summed E-state index contributed by atoms with van der Waals surface area (Å²) in [5.41, 5.74) is 1.59. The summed E-state index contributed by atoms with van der Waals surface area (Å²) in [6.07, 6.45) is 0.645. The van der Waals surface area contributed by atoms with E-state index in [0.717, 1.165) is 0 Å². The van der Waals surface area contributed by atoms with E-state index in [-0.39, 0.29) is 5.82 Å². The number of aromatic nitrogens is 2. The van der Waals surface area contributed by atoms with Crippen LogP contribution in [0, 0.1) is 12.7 Å². The molecule has 0 radical (unpaired) electrons. The summed E-state index contributed by atoms with van der Waals surface area (Å²) >= 11 is 5.89. The minimum atomic E-state index is -0.379. The average Bonchev–Trinajstić information content (AvgIpc) is 2.86. The monoisotopic (exact) mass is 359 g/mol. The second kappa shape index (κ2) is 6.94. The summed E-state index contributed by atoms with van der Waals surface area (Å²) in [5, 5.41) is 4.92. The van der Waals surface area contributed by atoms with Crippen molar-refractivity contribution in [3.05, 3.63) is 65.1 Å². The van der Waals surface area contributed by atoms with Crippen molar-refractivity contribution in [1.29, 1.82) is 0 Å². The molecule has 128 valence electrons. The van der Waals surface area contributed by atoms with Gasteiger partial charge in [0, 0.05) is 17.8 Å². The third-order valence-electron chi connectivity index (χ3n) is 3.62. The van der Waals surface area contributed by atoms with Crippen LogP contribution >= 0.6 is 11.6 Å². The van der Waals surface area contributed by atoms with E-state index >= 15 is 0 Å². The van der Waals surface area contributed by atoms with Crippen molar-refractivity contribution in [2.24, 2.45) is 7.05 Å². The summed E-state index contributed by atoms with van der Waals surface area (Å²) in [6, 6.07) is 12.5. The molecule has 2 aromatic carbocycles. The molecule has 3 rings (SSSR count). The van der Waals surface area contributed by atoms with E-state index in [2.05, 4.69) is 5.10 Å². The van der Waals surface area contributed by atoms with Crippen LogP contribution in [-0.2, 0) is 11.8 Å². The SMILES string of the molecule is Cc1nn(C)c(Oc2ccc(Cl)cc2)c1N(C=O)c1ccc(F)cc1. The lowest BCUT2D eigenvalue weighted by molar-refractivity contribution is -0.106. The first-order chi connectivity index (χ1) is 12.0. The Morgan fingerprint density at radius 3 is 2.40 bits per heavy atom. The molecule has 0 bridgehead atoms. The van der Waals surface area contributed by atoms with E-state index in [1.54, 1.807) is 42.9 Å². The number of hydrogen-bond donors (Lipinski definition) is 0.